The van der Waals surface area contributed by atoms with E-state index in [1.165, 1.54) is 16.6 Å². The summed E-state index contributed by atoms with van der Waals surface area (Å²) in [6.45, 7) is 1.79. The van der Waals surface area contributed by atoms with Gasteiger partial charge in [-0.15, -0.1) is 0 Å². The summed E-state index contributed by atoms with van der Waals surface area (Å²) in [6, 6.07) is 4.46. The molecule has 0 aliphatic heterocycles. The molecule has 1 aromatic carbocycles. The van der Waals surface area contributed by atoms with Crippen LogP contribution in [-0.4, -0.2) is 30.6 Å². The molecule has 3 aromatic rings. The van der Waals surface area contributed by atoms with Crippen molar-refractivity contribution in [3.05, 3.63) is 56.6 Å². The van der Waals surface area contributed by atoms with Gasteiger partial charge in [0.15, 0.2) is 11.3 Å². The van der Waals surface area contributed by atoms with Gasteiger partial charge in [-0.2, -0.15) is 5.10 Å². The third kappa shape index (κ3) is 2.78. The highest BCUT2D eigenvalue weighted by atomic mass is 35.5. The molecule has 0 saturated heterocycles. The Morgan fingerprint density at radius 2 is 2.16 bits per heavy atom. The molecular weight excluding hydrogens is 355 g/mol. The number of aromatic nitrogens is 3. The Balaban J connectivity index is 2.26. The Kier molecular flexibility index (Phi) is 4.09. The molecule has 128 valence electrons. The highest BCUT2D eigenvalue weighted by molar-refractivity contribution is 6.36. The number of fused-ring (bicyclic) bond motifs is 1. The van der Waals surface area contributed by atoms with Gasteiger partial charge in [-0.1, -0.05) is 18.5 Å². The highest BCUT2D eigenvalue weighted by Gasteiger charge is 2.22. The molecule has 0 spiro atoms. The lowest BCUT2D eigenvalue weighted by atomic mass is 10.1. The number of non-ortho nitro benzene ring substituents is 1. The van der Waals surface area contributed by atoms with Crippen molar-refractivity contribution in [3.8, 4) is 11.3 Å². The lowest BCUT2D eigenvalue weighted by Gasteiger charge is -2.03. The Bertz CT molecular complexity index is 1030. The summed E-state index contributed by atoms with van der Waals surface area (Å²) in [4.78, 5) is 25.1. The number of nitrogens with zero attached hydrogens (tertiary/aromatic N) is 4. The minimum atomic E-state index is -1.22. The van der Waals surface area contributed by atoms with Crippen LogP contribution >= 0.6 is 11.6 Å². The summed E-state index contributed by atoms with van der Waals surface area (Å²) in [6.07, 6.45) is 0.444. The van der Waals surface area contributed by atoms with Gasteiger partial charge < -0.3 is 5.11 Å². The van der Waals surface area contributed by atoms with Gasteiger partial charge in [0.05, 0.1) is 11.0 Å². The van der Waals surface area contributed by atoms with Crippen LogP contribution in [0.25, 0.3) is 16.9 Å². The number of carbonyl (C=O) groups is 1. The average Bonchev–Trinajstić information content (AvgIpc) is 2.90. The van der Waals surface area contributed by atoms with Crippen molar-refractivity contribution in [2.24, 2.45) is 0 Å². The topological polar surface area (TPSA) is 111 Å². The molecule has 0 atom stereocenters. The van der Waals surface area contributed by atoms with Gasteiger partial charge in [-0.05, 0) is 18.6 Å². The highest BCUT2D eigenvalue weighted by Crippen LogP contribution is 2.33. The van der Waals surface area contributed by atoms with Crippen LogP contribution in [-0.2, 0) is 6.42 Å². The monoisotopic (exact) mass is 364 g/mol. The van der Waals surface area contributed by atoms with Gasteiger partial charge in [0.25, 0.3) is 5.69 Å². The molecule has 2 heterocycles. The second-order valence-corrected chi connectivity index (χ2v) is 5.49. The molecule has 0 aliphatic rings. The SMILES string of the molecule is CCc1cc(C(=O)O)nc2c(Cl)c(-c3ccc([N+](=O)[O-])cc3F)nn12. The van der Waals surface area contributed by atoms with Crippen molar-refractivity contribution < 1.29 is 19.2 Å². The van der Waals surface area contributed by atoms with Crippen molar-refractivity contribution in [2.75, 3.05) is 0 Å². The maximum Gasteiger partial charge on any atom is 0.354 e. The molecule has 3 rings (SSSR count). The molecule has 0 bridgehead atoms. The lowest BCUT2D eigenvalue weighted by molar-refractivity contribution is -0.385. The van der Waals surface area contributed by atoms with Crippen LogP contribution in [0.4, 0.5) is 10.1 Å². The van der Waals surface area contributed by atoms with Crippen molar-refractivity contribution in [1.29, 1.82) is 0 Å². The fourth-order valence-corrected chi connectivity index (χ4v) is 2.66. The zero-order valence-corrected chi connectivity index (χ0v) is 13.5. The molecule has 0 aliphatic carbocycles. The van der Waals surface area contributed by atoms with E-state index in [4.69, 9.17) is 16.7 Å². The van der Waals surface area contributed by atoms with Crippen LogP contribution in [0.3, 0.4) is 0 Å². The molecule has 1 N–H and O–H groups in total. The zero-order chi connectivity index (χ0) is 18.3. The maximum absolute atomic E-state index is 14.3. The summed E-state index contributed by atoms with van der Waals surface area (Å²) >= 11 is 6.23. The quantitative estimate of drug-likeness (QED) is 0.561. The van der Waals surface area contributed by atoms with E-state index in [0.29, 0.717) is 12.1 Å². The zero-order valence-electron chi connectivity index (χ0n) is 12.7. The Morgan fingerprint density at radius 3 is 2.72 bits per heavy atom. The number of aryl methyl sites for hydroxylation is 1. The maximum atomic E-state index is 14.3. The van der Waals surface area contributed by atoms with E-state index >= 15 is 0 Å². The largest absolute Gasteiger partial charge is 0.477 e. The molecule has 8 nitrogen and oxygen atoms in total. The summed E-state index contributed by atoms with van der Waals surface area (Å²) in [5, 5.41) is 24.0. The smallest absolute Gasteiger partial charge is 0.354 e. The van der Waals surface area contributed by atoms with E-state index in [1.807, 2.05) is 0 Å². The first-order valence-corrected chi connectivity index (χ1v) is 7.47. The summed E-state index contributed by atoms with van der Waals surface area (Å²) in [5.41, 5.74) is -0.0218. The van der Waals surface area contributed by atoms with Gasteiger partial charge >= 0.3 is 5.97 Å². The van der Waals surface area contributed by atoms with Gasteiger partial charge in [0.1, 0.15) is 16.5 Å². The third-order valence-electron chi connectivity index (χ3n) is 3.61. The standard InChI is InChI=1S/C15H10ClFN4O4/c1-2-7-6-11(15(22)23)18-14-12(16)13(19-20(7)14)9-4-3-8(21(24)25)5-10(9)17/h3-6H,2H2,1H3,(H,22,23). The molecule has 0 unspecified atom stereocenters. The number of rotatable bonds is 4. The minimum Gasteiger partial charge on any atom is -0.477 e. The predicted molar refractivity (Wildman–Crippen MR) is 86.4 cm³/mol. The Hall–Kier alpha value is -3.07. The van der Waals surface area contributed by atoms with Crippen LogP contribution in [0.1, 0.15) is 23.1 Å². The van der Waals surface area contributed by atoms with Crippen LogP contribution in [0.5, 0.6) is 0 Å². The van der Waals surface area contributed by atoms with Gasteiger partial charge in [0.2, 0.25) is 0 Å². The predicted octanol–water partition coefficient (Wildman–Crippen LogP) is 3.36. The second kappa shape index (κ2) is 6.10. The van der Waals surface area contributed by atoms with E-state index in [-0.39, 0.29) is 27.6 Å². The number of nitro groups is 1. The fourth-order valence-electron chi connectivity index (χ4n) is 2.40. The molecule has 2 aromatic heterocycles. The summed E-state index contributed by atoms with van der Waals surface area (Å²) in [5.74, 6) is -2.09. The van der Waals surface area contributed by atoms with Crippen LogP contribution in [0, 0.1) is 15.9 Å². The number of nitro benzene ring substituents is 1. The lowest BCUT2D eigenvalue weighted by Crippen LogP contribution is -2.07. The Morgan fingerprint density at radius 1 is 1.44 bits per heavy atom. The molecule has 0 saturated carbocycles. The normalized spacial score (nSPS) is 11.0. The second-order valence-electron chi connectivity index (χ2n) is 5.11. The van der Waals surface area contributed by atoms with Gasteiger partial charge in [-0.25, -0.2) is 18.7 Å². The molecular formula is C15H10ClFN4O4. The van der Waals surface area contributed by atoms with Crippen LogP contribution < -0.4 is 0 Å². The third-order valence-corrected chi connectivity index (χ3v) is 3.95. The van der Waals surface area contributed by atoms with Crippen LogP contribution in [0.15, 0.2) is 24.3 Å². The summed E-state index contributed by atoms with van der Waals surface area (Å²) < 4.78 is 15.6. The van der Waals surface area contributed by atoms with E-state index in [2.05, 4.69) is 10.1 Å². The molecule has 0 amide bonds. The fraction of sp³-hybridized carbons (Fsp3) is 0.133. The number of carboxylic acids is 1. The van der Waals surface area contributed by atoms with Crippen molar-refractivity contribution in [3.63, 3.8) is 0 Å². The number of benzene rings is 1. The first-order valence-electron chi connectivity index (χ1n) is 7.09. The number of carboxylic acid groups (broad SMARTS) is 1. The Labute approximate surface area is 144 Å². The number of halogens is 2. The van der Waals surface area contributed by atoms with E-state index < -0.39 is 22.4 Å². The number of hydrogen-bond donors (Lipinski definition) is 1. The molecule has 0 fully saturated rings. The molecule has 25 heavy (non-hydrogen) atoms. The molecule has 10 heteroatoms. The van der Waals surface area contributed by atoms with Gasteiger partial charge in [-0.3, -0.25) is 10.1 Å². The minimum absolute atomic E-state index is 0.0267. The first kappa shape index (κ1) is 16.8. The summed E-state index contributed by atoms with van der Waals surface area (Å²) in [7, 11) is 0. The van der Waals surface area contributed by atoms with Crippen molar-refractivity contribution in [1.82, 2.24) is 14.6 Å². The number of aromatic carboxylic acids is 1. The van der Waals surface area contributed by atoms with E-state index in [9.17, 15) is 19.3 Å². The van der Waals surface area contributed by atoms with Crippen molar-refractivity contribution >= 4 is 28.9 Å². The number of hydrogen-bond acceptors (Lipinski definition) is 5. The molecule has 0 radical (unpaired) electrons. The average molecular weight is 365 g/mol. The van der Waals surface area contributed by atoms with Gasteiger partial charge in [0, 0.05) is 17.3 Å². The first-order chi connectivity index (χ1) is 11.8. The van der Waals surface area contributed by atoms with Crippen molar-refractivity contribution in [2.45, 2.75) is 13.3 Å². The van der Waals surface area contributed by atoms with E-state index in [0.717, 1.165) is 12.1 Å². The van der Waals surface area contributed by atoms with E-state index in [1.54, 1.807) is 6.92 Å². The van der Waals surface area contributed by atoms with Crippen LogP contribution in [0.2, 0.25) is 5.02 Å².